The number of carbonyl (C=O) groups excluding carboxylic acids is 1. The summed E-state index contributed by atoms with van der Waals surface area (Å²) >= 11 is 0. The molecule has 6 heteroatoms. The van der Waals surface area contributed by atoms with Crippen LogP contribution in [0.2, 0.25) is 0 Å². The second-order valence-electron chi connectivity index (χ2n) is 9.86. The number of aromatic nitrogens is 2. The van der Waals surface area contributed by atoms with Gasteiger partial charge in [-0.25, -0.2) is 4.98 Å². The van der Waals surface area contributed by atoms with E-state index in [1.807, 2.05) is 54.3 Å². The van der Waals surface area contributed by atoms with Crippen LogP contribution in [0.15, 0.2) is 42.5 Å². The molecule has 3 aromatic rings. The van der Waals surface area contributed by atoms with Gasteiger partial charge in [0.05, 0.1) is 17.6 Å². The number of aliphatic hydroxyl groups is 1. The molecule has 1 aliphatic heterocycles. The van der Waals surface area contributed by atoms with Gasteiger partial charge < -0.3 is 19.3 Å². The third-order valence-electron chi connectivity index (χ3n) is 6.30. The Kier molecular flexibility index (Phi) is 5.99. The molecule has 0 radical (unpaired) electrons. The normalized spacial score (nSPS) is 17.9. The first-order chi connectivity index (χ1) is 15.1. The van der Waals surface area contributed by atoms with Gasteiger partial charge in [0.1, 0.15) is 24.3 Å². The molecule has 1 saturated heterocycles. The number of aryl methyl sites for hydroxylation is 2. The van der Waals surface area contributed by atoms with E-state index in [4.69, 9.17) is 9.72 Å². The fourth-order valence-electron chi connectivity index (χ4n) is 4.39. The van der Waals surface area contributed by atoms with Crippen LogP contribution in [0.4, 0.5) is 0 Å². The highest BCUT2D eigenvalue weighted by molar-refractivity contribution is 5.81. The number of hydrogen-bond acceptors (Lipinski definition) is 4. The molecule has 6 nitrogen and oxygen atoms in total. The number of amides is 1. The fourth-order valence-corrected chi connectivity index (χ4v) is 4.39. The minimum absolute atomic E-state index is 0.00184. The maximum absolute atomic E-state index is 12.7. The predicted octanol–water partition coefficient (Wildman–Crippen LogP) is 4.21. The van der Waals surface area contributed by atoms with E-state index in [2.05, 4.69) is 32.3 Å². The lowest BCUT2D eigenvalue weighted by molar-refractivity contribution is -0.131. The third kappa shape index (κ3) is 4.51. The van der Waals surface area contributed by atoms with Crippen molar-refractivity contribution < 1.29 is 14.6 Å². The summed E-state index contributed by atoms with van der Waals surface area (Å²) in [5, 5.41) is 10.8. The number of rotatable bonds is 6. The molecule has 1 N–H and O–H groups in total. The van der Waals surface area contributed by atoms with Gasteiger partial charge in [-0.1, -0.05) is 18.2 Å². The first kappa shape index (κ1) is 22.3. The first-order valence-electron chi connectivity index (χ1n) is 11.3. The number of fused-ring (bicyclic) bond motifs is 1. The van der Waals surface area contributed by atoms with Crippen LogP contribution in [-0.2, 0) is 11.3 Å². The molecule has 2 heterocycles. The number of aliphatic hydroxyl groups excluding tert-OH is 1. The van der Waals surface area contributed by atoms with Gasteiger partial charge >= 0.3 is 0 Å². The Morgan fingerprint density at radius 1 is 1.16 bits per heavy atom. The summed E-state index contributed by atoms with van der Waals surface area (Å²) in [6.45, 7) is 11.5. The number of likely N-dealkylation sites (tertiary alicyclic amines) is 1. The molecule has 0 spiro atoms. The summed E-state index contributed by atoms with van der Waals surface area (Å²) in [6.07, 6.45) is -0.265. The zero-order valence-electron chi connectivity index (χ0n) is 19.6. The maximum atomic E-state index is 12.7. The van der Waals surface area contributed by atoms with E-state index in [9.17, 15) is 9.90 Å². The van der Waals surface area contributed by atoms with Crippen molar-refractivity contribution in [1.82, 2.24) is 14.5 Å². The second kappa shape index (κ2) is 8.58. The van der Waals surface area contributed by atoms with Gasteiger partial charge in [0.15, 0.2) is 0 Å². The number of nitrogens with zero attached hydrogens (tertiary/aromatic N) is 3. The molecule has 32 heavy (non-hydrogen) atoms. The number of imidazole rings is 1. The zero-order chi connectivity index (χ0) is 23.0. The molecule has 1 amide bonds. The number of hydrogen-bond donors (Lipinski definition) is 1. The Balaban J connectivity index is 1.55. The van der Waals surface area contributed by atoms with Crippen LogP contribution in [0.1, 0.15) is 50.1 Å². The molecule has 0 unspecified atom stereocenters. The largest absolute Gasteiger partial charge is 0.491 e. The molecule has 1 aliphatic rings. The fraction of sp³-hybridized carbons (Fsp3) is 0.462. The average Bonchev–Trinajstić information content (AvgIpc) is 3.30. The van der Waals surface area contributed by atoms with Crippen LogP contribution in [0.5, 0.6) is 5.75 Å². The molecular formula is C26H33N3O3. The van der Waals surface area contributed by atoms with Gasteiger partial charge in [0.25, 0.3) is 0 Å². The molecule has 2 aromatic carbocycles. The van der Waals surface area contributed by atoms with Crippen molar-refractivity contribution in [3.8, 4) is 5.75 Å². The quantitative estimate of drug-likeness (QED) is 0.630. The van der Waals surface area contributed by atoms with E-state index in [0.717, 1.165) is 28.2 Å². The summed E-state index contributed by atoms with van der Waals surface area (Å²) in [7, 11) is 0. The second-order valence-corrected chi connectivity index (χ2v) is 9.86. The Morgan fingerprint density at radius 2 is 1.91 bits per heavy atom. The monoisotopic (exact) mass is 435 g/mol. The number of ether oxygens (including phenoxy) is 1. The lowest BCUT2D eigenvalue weighted by Crippen LogP contribution is -2.42. The maximum Gasteiger partial charge on any atom is 0.223 e. The lowest BCUT2D eigenvalue weighted by atomic mass is 10.1. The summed E-state index contributed by atoms with van der Waals surface area (Å²) < 4.78 is 7.93. The highest BCUT2D eigenvalue weighted by atomic mass is 16.5. The number of benzene rings is 2. The smallest absolute Gasteiger partial charge is 0.223 e. The molecule has 0 saturated carbocycles. The standard InChI is InChI=1S/C26H33N3O3/c1-17-10-11-21(12-18(17)2)32-16-20(30)15-28-23-9-7-6-8-22(23)27-25(28)19-13-24(31)29(14-19)26(3,4)5/h6-12,19-20,30H,13-16H2,1-5H3/t19-,20+/m1/s1. The average molecular weight is 436 g/mol. The molecule has 0 aliphatic carbocycles. The zero-order valence-corrected chi connectivity index (χ0v) is 19.6. The van der Waals surface area contributed by atoms with Crippen molar-refractivity contribution in [2.75, 3.05) is 13.2 Å². The molecule has 1 fully saturated rings. The van der Waals surface area contributed by atoms with Crippen molar-refractivity contribution in [2.24, 2.45) is 0 Å². The summed E-state index contributed by atoms with van der Waals surface area (Å²) in [6, 6.07) is 13.9. The van der Waals surface area contributed by atoms with Crippen molar-refractivity contribution in [3.63, 3.8) is 0 Å². The van der Waals surface area contributed by atoms with Gasteiger partial charge in [-0.05, 0) is 70.0 Å². The summed E-state index contributed by atoms with van der Waals surface area (Å²) in [5.74, 6) is 1.77. The van der Waals surface area contributed by atoms with E-state index < -0.39 is 6.10 Å². The molecule has 1 aromatic heterocycles. The van der Waals surface area contributed by atoms with Crippen LogP contribution >= 0.6 is 0 Å². The highest BCUT2D eigenvalue weighted by Crippen LogP contribution is 2.34. The predicted molar refractivity (Wildman–Crippen MR) is 126 cm³/mol. The first-order valence-corrected chi connectivity index (χ1v) is 11.3. The molecule has 170 valence electrons. The van der Waals surface area contributed by atoms with Crippen LogP contribution in [0.25, 0.3) is 11.0 Å². The van der Waals surface area contributed by atoms with Gasteiger partial charge in [0, 0.05) is 24.4 Å². The van der Waals surface area contributed by atoms with Gasteiger partial charge in [-0.2, -0.15) is 0 Å². The van der Waals surface area contributed by atoms with Crippen LogP contribution in [0.3, 0.4) is 0 Å². The van der Waals surface area contributed by atoms with Crippen molar-refractivity contribution in [3.05, 3.63) is 59.4 Å². The Morgan fingerprint density at radius 3 is 2.59 bits per heavy atom. The van der Waals surface area contributed by atoms with Crippen molar-refractivity contribution in [2.45, 2.75) is 65.1 Å². The number of para-hydroxylation sites is 2. The van der Waals surface area contributed by atoms with Crippen LogP contribution in [-0.4, -0.2) is 50.3 Å². The topological polar surface area (TPSA) is 67.6 Å². The summed E-state index contributed by atoms with van der Waals surface area (Å²) in [4.78, 5) is 19.5. The van der Waals surface area contributed by atoms with E-state index >= 15 is 0 Å². The number of carbonyl (C=O) groups is 1. The molecule has 2 atom stereocenters. The minimum atomic E-state index is -0.705. The molecular weight excluding hydrogens is 402 g/mol. The van der Waals surface area contributed by atoms with E-state index in [-0.39, 0.29) is 24.0 Å². The van der Waals surface area contributed by atoms with Crippen LogP contribution in [0, 0.1) is 13.8 Å². The lowest BCUT2D eigenvalue weighted by Gasteiger charge is -2.32. The SMILES string of the molecule is Cc1ccc(OC[C@@H](O)Cn2c([C@@H]3CC(=O)N(C(C)(C)C)C3)nc3ccccc32)cc1C. The van der Waals surface area contributed by atoms with E-state index in [1.165, 1.54) is 5.56 Å². The van der Waals surface area contributed by atoms with E-state index in [1.54, 1.807) is 0 Å². The molecule has 0 bridgehead atoms. The summed E-state index contributed by atoms with van der Waals surface area (Å²) in [5.41, 5.74) is 4.00. The van der Waals surface area contributed by atoms with Gasteiger partial charge in [-0.3, -0.25) is 4.79 Å². The Hall–Kier alpha value is -2.86. The third-order valence-corrected chi connectivity index (χ3v) is 6.30. The Labute approximate surface area is 189 Å². The van der Waals surface area contributed by atoms with Gasteiger partial charge in [-0.15, -0.1) is 0 Å². The molecule has 4 rings (SSSR count). The minimum Gasteiger partial charge on any atom is -0.491 e. The van der Waals surface area contributed by atoms with Crippen molar-refractivity contribution >= 4 is 16.9 Å². The van der Waals surface area contributed by atoms with Crippen LogP contribution < -0.4 is 4.74 Å². The Bertz CT molecular complexity index is 1130. The van der Waals surface area contributed by atoms with E-state index in [0.29, 0.717) is 19.5 Å². The van der Waals surface area contributed by atoms with Crippen molar-refractivity contribution in [1.29, 1.82) is 0 Å². The highest BCUT2D eigenvalue weighted by Gasteiger charge is 2.39. The van der Waals surface area contributed by atoms with Gasteiger partial charge in [0.2, 0.25) is 5.91 Å².